The fraction of sp³-hybridized carbons (Fsp3) is 0.941. The highest BCUT2D eigenvalue weighted by Gasteiger charge is 2.20. The van der Waals surface area contributed by atoms with Gasteiger partial charge in [0.1, 0.15) is 0 Å². The number of hydrogen-bond acceptors (Lipinski definition) is 3. The van der Waals surface area contributed by atoms with Gasteiger partial charge < -0.3 is 20.3 Å². The molecule has 2 atom stereocenters. The SMILES string of the molecule is CCNC(=NCCCCN1CC(C)CC(C)C1)NCCOC.I. The maximum Gasteiger partial charge on any atom is 0.191 e. The number of nitrogens with zero attached hydrogens (tertiary/aromatic N) is 2. The van der Waals surface area contributed by atoms with Gasteiger partial charge >= 0.3 is 0 Å². The van der Waals surface area contributed by atoms with E-state index in [4.69, 9.17) is 4.74 Å². The van der Waals surface area contributed by atoms with Gasteiger partial charge in [-0.1, -0.05) is 13.8 Å². The van der Waals surface area contributed by atoms with Crippen molar-refractivity contribution in [2.75, 3.05) is 53.0 Å². The molecule has 2 N–H and O–H groups in total. The van der Waals surface area contributed by atoms with Crippen LogP contribution in [0.25, 0.3) is 0 Å². The molecule has 0 aromatic rings. The van der Waals surface area contributed by atoms with Crippen molar-refractivity contribution in [1.29, 1.82) is 0 Å². The maximum atomic E-state index is 5.05. The lowest BCUT2D eigenvalue weighted by molar-refractivity contribution is 0.139. The average Bonchev–Trinajstić information content (AvgIpc) is 2.46. The smallest absolute Gasteiger partial charge is 0.191 e. The molecule has 5 nitrogen and oxygen atoms in total. The predicted molar refractivity (Wildman–Crippen MR) is 110 cm³/mol. The number of methoxy groups -OCH3 is 1. The quantitative estimate of drug-likeness (QED) is 0.251. The van der Waals surface area contributed by atoms with Crippen LogP contribution in [0.5, 0.6) is 0 Å². The Morgan fingerprint density at radius 1 is 1.17 bits per heavy atom. The summed E-state index contributed by atoms with van der Waals surface area (Å²) in [5, 5.41) is 6.54. The minimum Gasteiger partial charge on any atom is -0.383 e. The monoisotopic (exact) mass is 440 g/mol. The first-order valence-electron chi connectivity index (χ1n) is 8.89. The molecule has 1 saturated heterocycles. The third-order valence-electron chi connectivity index (χ3n) is 4.04. The van der Waals surface area contributed by atoms with Gasteiger partial charge in [0.15, 0.2) is 5.96 Å². The van der Waals surface area contributed by atoms with Crippen LogP contribution < -0.4 is 10.6 Å². The van der Waals surface area contributed by atoms with Crippen molar-refractivity contribution in [3.63, 3.8) is 0 Å². The standard InChI is InChI=1S/C17H36N4O.HI/c1-5-18-17(20-9-11-22-4)19-8-6-7-10-21-13-15(2)12-16(3)14-21;/h15-16H,5-14H2,1-4H3,(H2,18,19,20);1H. The lowest BCUT2D eigenvalue weighted by atomic mass is 9.92. The van der Waals surface area contributed by atoms with Crippen molar-refractivity contribution in [3.05, 3.63) is 0 Å². The van der Waals surface area contributed by atoms with Crippen molar-refractivity contribution < 1.29 is 4.74 Å². The van der Waals surface area contributed by atoms with Gasteiger partial charge in [-0.15, -0.1) is 24.0 Å². The summed E-state index contributed by atoms with van der Waals surface area (Å²) in [7, 11) is 1.72. The molecule has 1 rings (SSSR count). The molecule has 0 aromatic heterocycles. The van der Waals surface area contributed by atoms with Crippen molar-refractivity contribution in [3.8, 4) is 0 Å². The number of ether oxygens (including phenoxy) is 1. The first kappa shape index (κ1) is 22.9. The molecule has 0 radical (unpaired) electrons. The number of halogens is 1. The molecule has 0 aromatic carbocycles. The summed E-state index contributed by atoms with van der Waals surface area (Å²) in [5.41, 5.74) is 0. The summed E-state index contributed by atoms with van der Waals surface area (Å²) < 4.78 is 5.05. The summed E-state index contributed by atoms with van der Waals surface area (Å²) >= 11 is 0. The van der Waals surface area contributed by atoms with E-state index in [2.05, 4.69) is 41.3 Å². The molecular formula is C17H37IN4O. The van der Waals surface area contributed by atoms with Gasteiger partial charge in [-0.3, -0.25) is 4.99 Å². The van der Waals surface area contributed by atoms with E-state index in [9.17, 15) is 0 Å². The molecule has 1 aliphatic heterocycles. The number of nitrogens with one attached hydrogen (secondary N) is 2. The van der Waals surface area contributed by atoms with E-state index in [-0.39, 0.29) is 24.0 Å². The van der Waals surface area contributed by atoms with Crippen LogP contribution in [0, 0.1) is 11.8 Å². The van der Waals surface area contributed by atoms with Crippen LogP contribution in [0.15, 0.2) is 4.99 Å². The van der Waals surface area contributed by atoms with Gasteiger partial charge in [-0.2, -0.15) is 0 Å². The van der Waals surface area contributed by atoms with E-state index in [1.165, 1.54) is 32.5 Å². The Morgan fingerprint density at radius 3 is 2.48 bits per heavy atom. The number of rotatable bonds is 9. The third-order valence-corrected chi connectivity index (χ3v) is 4.04. The van der Waals surface area contributed by atoms with Crippen molar-refractivity contribution in [2.45, 2.75) is 40.0 Å². The minimum absolute atomic E-state index is 0. The van der Waals surface area contributed by atoms with Gasteiger partial charge in [0.05, 0.1) is 6.61 Å². The zero-order valence-corrected chi connectivity index (χ0v) is 17.8. The topological polar surface area (TPSA) is 48.9 Å². The fourth-order valence-electron chi connectivity index (χ4n) is 3.23. The highest BCUT2D eigenvalue weighted by atomic mass is 127. The Hall–Kier alpha value is -0.0800. The normalized spacial score (nSPS) is 22.5. The molecule has 0 aliphatic carbocycles. The number of guanidine groups is 1. The summed E-state index contributed by atoms with van der Waals surface area (Å²) in [6.07, 6.45) is 3.78. The molecule has 0 amide bonds. The Bertz CT molecular complexity index is 305. The Labute approximate surface area is 160 Å². The van der Waals surface area contributed by atoms with E-state index < -0.39 is 0 Å². The van der Waals surface area contributed by atoms with Crippen LogP contribution in [-0.4, -0.2) is 63.8 Å². The average molecular weight is 440 g/mol. The molecule has 0 saturated carbocycles. The van der Waals surface area contributed by atoms with Gasteiger partial charge in [0.2, 0.25) is 0 Å². The van der Waals surface area contributed by atoms with Gasteiger partial charge in [0, 0.05) is 39.8 Å². The predicted octanol–water partition coefficient (Wildman–Crippen LogP) is 2.56. The lowest BCUT2D eigenvalue weighted by Gasteiger charge is -2.34. The molecule has 6 heteroatoms. The Balaban J connectivity index is 0.00000484. The van der Waals surface area contributed by atoms with Crippen LogP contribution >= 0.6 is 24.0 Å². The van der Waals surface area contributed by atoms with Gasteiger partial charge in [-0.25, -0.2) is 0 Å². The van der Waals surface area contributed by atoms with Crippen LogP contribution in [0.4, 0.5) is 0 Å². The second-order valence-corrected chi connectivity index (χ2v) is 6.59. The van der Waals surface area contributed by atoms with Gasteiger partial charge in [0.25, 0.3) is 0 Å². The largest absolute Gasteiger partial charge is 0.383 e. The number of likely N-dealkylation sites (tertiary alicyclic amines) is 1. The zero-order chi connectivity index (χ0) is 16.2. The highest BCUT2D eigenvalue weighted by Crippen LogP contribution is 2.20. The highest BCUT2D eigenvalue weighted by molar-refractivity contribution is 14.0. The molecule has 0 bridgehead atoms. The number of aliphatic imine (C=N–C) groups is 1. The Morgan fingerprint density at radius 2 is 1.87 bits per heavy atom. The molecule has 0 spiro atoms. The molecule has 1 heterocycles. The van der Waals surface area contributed by atoms with Crippen molar-refractivity contribution in [1.82, 2.24) is 15.5 Å². The minimum atomic E-state index is 0. The molecule has 2 unspecified atom stereocenters. The van der Waals surface area contributed by atoms with Crippen molar-refractivity contribution in [2.24, 2.45) is 16.8 Å². The zero-order valence-electron chi connectivity index (χ0n) is 15.4. The van der Waals surface area contributed by atoms with E-state index >= 15 is 0 Å². The molecule has 138 valence electrons. The van der Waals surface area contributed by atoms with Crippen LogP contribution in [0.1, 0.15) is 40.0 Å². The first-order chi connectivity index (χ1) is 10.7. The van der Waals surface area contributed by atoms with E-state index in [1.54, 1.807) is 7.11 Å². The van der Waals surface area contributed by atoms with E-state index in [1.807, 2.05) is 0 Å². The summed E-state index contributed by atoms with van der Waals surface area (Å²) in [6.45, 7) is 13.9. The second kappa shape index (κ2) is 14.3. The molecule has 23 heavy (non-hydrogen) atoms. The molecular weight excluding hydrogens is 403 g/mol. The van der Waals surface area contributed by atoms with Crippen LogP contribution in [0.3, 0.4) is 0 Å². The number of hydrogen-bond donors (Lipinski definition) is 2. The van der Waals surface area contributed by atoms with E-state index in [0.29, 0.717) is 6.61 Å². The molecule has 1 aliphatic rings. The summed E-state index contributed by atoms with van der Waals surface area (Å²) in [6, 6.07) is 0. The fourth-order valence-corrected chi connectivity index (χ4v) is 3.23. The van der Waals surface area contributed by atoms with Crippen LogP contribution in [0.2, 0.25) is 0 Å². The first-order valence-corrected chi connectivity index (χ1v) is 8.89. The number of piperidine rings is 1. The number of unbranched alkanes of at least 4 members (excludes halogenated alkanes) is 1. The van der Waals surface area contributed by atoms with Crippen molar-refractivity contribution >= 4 is 29.9 Å². The summed E-state index contributed by atoms with van der Waals surface area (Å²) in [5.74, 6) is 2.61. The van der Waals surface area contributed by atoms with Crippen LogP contribution in [-0.2, 0) is 4.74 Å². The van der Waals surface area contributed by atoms with E-state index in [0.717, 1.165) is 43.9 Å². The van der Waals surface area contributed by atoms with Gasteiger partial charge in [-0.05, 0) is 44.6 Å². The lowest BCUT2D eigenvalue weighted by Crippen LogP contribution is -2.39. The Kier molecular flexibility index (Phi) is 14.2. The molecule has 1 fully saturated rings. The second-order valence-electron chi connectivity index (χ2n) is 6.59. The third kappa shape index (κ3) is 11.2. The summed E-state index contributed by atoms with van der Waals surface area (Å²) in [4.78, 5) is 7.25. The maximum absolute atomic E-state index is 5.05.